The number of amides is 1. The van der Waals surface area contributed by atoms with Gasteiger partial charge in [-0.15, -0.1) is 0 Å². The lowest BCUT2D eigenvalue weighted by Gasteiger charge is -2.19. The molecule has 3 rings (SSSR count). The molecule has 0 atom stereocenters. The summed E-state index contributed by atoms with van der Waals surface area (Å²) in [5.41, 5.74) is 4.49. The van der Waals surface area contributed by atoms with Crippen molar-refractivity contribution in [3.8, 4) is 0 Å². The first kappa shape index (κ1) is 11.8. The number of rotatable bonds is 2. The van der Waals surface area contributed by atoms with Crippen molar-refractivity contribution in [2.75, 3.05) is 18.5 Å². The molecular formula is C16H16N2O. The van der Waals surface area contributed by atoms with Crippen LogP contribution in [0, 0.1) is 0 Å². The SMILES string of the molecule is CNC(=O)c1ccc(N2CCc3ccccc32)cc1. The van der Waals surface area contributed by atoms with E-state index in [0.29, 0.717) is 5.56 Å². The minimum absolute atomic E-state index is 0.0478. The largest absolute Gasteiger partial charge is 0.355 e. The van der Waals surface area contributed by atoms with Gasteiger partial charge in [0.2, 0.25) is 0 Å². The molecule has 1 N–H and O–H groups in total. The minimum atomic E-state index is -0.0478. The highest BCUT2D eigenvalue weighted by molar-refractivity contribution is 5.94. The third kappa shape index (κ3) is 2.08. The highest BCUT2D eigenvalue weighted by Crippen LogP contribution is 2.34. The minimum Gasteiger partial charge on any atom is -0.355 e. The molecule has 1 heterocycles. The Morgan fingerprint density at radius 3 is 2.58 bits per heavy atom. The van der Waals surface area contributed by atoms with Gasteiger partial charge in [-0.25, -0.2) is 0 Å². The van der Waals surface area contributed by atoms with Crippen molar-refractivity contribution in [1.82, 2.24) is 5.32 Å². The van der Waals surface area contributed by atoms with Gasteiger partial charge in [-0.2, -0.15) is 0 Å². The number of nitrogens with zero attached hydrogens (tertiary/aromatic N) is 1. The van der Waals surface area contributed by atoms with Gasteiger partial charge in [0.15, 0.2) is 0 Å². The summed E-state index contributed by atoms with van der Waals surface area (Å²) < 4.78 is 0. The Hall–Kier alpha value is -2.29. The van der Waals surface area contributed by atoms with Crippen LogP contribution in [0.5, 0.6) is 0 Å². The van der Waals surface area contributed by atoms with E-state index in [0.717, 1.165) is 18.7 Å². The van der Waals surface area contributed by atoms with Crippen molar-refractivity contribution in [1.29, 1.82) is 0 Å². The molecule has 1 aliphatic rings. The summed E-state index contributed by atoms with van der Waals surface area (Å²) in [5.74, 6) is -0.0478. The normalized spacial score (nSPS) is 13.2. The van der Waals surface area contributed by atoms with Crippen LogP contribution in [0.25, 0.3) is 0 Å². The van der Waals surface area contributed by atoms with Crippen molar-refractivity contribution >= 4 is 17.3 Å². The number of hydrogen-bond acceptors (Lipinski definition) is 2. The summed E-state index contributed by atoms with van der Waals surface area (Å²) in [6, 6.07) is 16.2. The molecule has 3 nitrogen and oxygen atoms in total. The highest BCUT2D eigenvalue weighted by Gasteiger charge is 2.19. The number of nitrogens with one attached hydrogen (secondary N) is 1. The second kappa shape index (κ2) is 4.76. The van der Waals surface area contributed by atoms with Gasteiger partial charge in [0.1, 0.15) is 0 Å². The fourth-order valence-electron chi connectivity index (χ4n) is 2.54. The Morgan fingerprint density at radius 2 is 1.84 bits per heavy atom. The molecule has 2 aromatic carbocycles. The average Bonchev–Trinajstić information content (AvgIpc) is 2.90. The van der Waals surface area contributed by atoms with Crippen LogP contribution in [-0.2, 0) is 6.42 Å². The molecule has 0 saturated carbocycles. The molecule has 0 unspecified atom stereocenters. The monoisotopic (exact) mass is 252 g/mol. The molecule has 0 bridgehead atoms. The predicted molar refractivity (Wildman–Crippen MR) is 77.0 cm³/mol. The van der Waals surface area contributed by atoms with Crippen molar-refractivity contribution in [3.63, 3.8) is 0 Å². The Kier molecular flexibility index (Phi) is 2.95. The van der Waals surface area contributed by atoms with E-state index >= 15 is 0 Å². The van der Waals surface area contributed by atoms with Gasteiger partial charge < -0.3 is 10.2 Å². The molecule has 3 heteroatoms. The first-order valence-electron chi connectivity index (χ1n) is 6.47. The Balaban J connectivity index is 1.90. The van der Waals surface area contributed by atoms with Crippen LogP contribution < -0.4 is 10.2 Å². The molecule has 0 spiro atoms. The molecule has 19 heavy (non-hydrogen) atoms. The van der Waals surface area contributed by atoms with Gasteiger partial charge in [0.05, 0.1) is 0 Å². The van der Waals surface area contributed by atoms with E-state index in [9.17, 15) is 4.79 Å². The zero-order valence-corrected chi connectivity index (χ0v) is 10.9. The summed E-state index contributed by atoms with van der Waals surface area (Å²) in [5, 5.41) is 2.63. The maximum absolute atomic E-state index is 11.5. The Morgan fingerprint density at radius 1 is 1.11 bits per heavy atom. The second-order valence-electron chi connectivity index (χ2n) is 4.66. The molecular weight excluding hydrogens is 236 g/mol. The van der Waals surface area contributed by atoms with Crippen LogP contribution in [0.1, 0.15) is 15.9 Å². The van der Waals surface area contributed by atoms with Crippen LogP contribution >= 0.6 is 0 Å². The molecule has 0 radical (unpaired) electrons. The summed E-state index contributed by atoms with van der Waals surface area (Å²) in [6.07, 6.45) is 1.08. The molecule has 0 fully saturated rings. The van der Waals surface area contributed by atoms with Gasteiger partial charge in [-0.05, 0) is 42.3 Å². The van der Waals surface area contributed by atoms with Crippen LogP contribution in [0.3, 0.4) is 0 Å². The van der Waals surface area contributed by atoms with E-state index in [4.69, 9.17) is 0 Å². The maximum atomic E-state index is 11.5. The van der Waals surface area contributed by atoms with Crippen molar-refractivity contribution in [2.45, 2.75) is 6.42 Å². The maximum Gasteiger partial charge on any atom is 0.251 e. The number of benzene rings is 2. The van der Waals surface area contributed by atoms with E-state index in [2.05, 4.69) is 34.5 Å². The molecule has 0 aliphatic carbocycles. The lowest BCUT2D eigenvalue weighted by molar-refractivity contribution is 0.0963. The summed E-state index contributed by atoms with van der Waals surface area (Å²) in [4.78, 5) is 13.8. The van der Waals surface area contributed by atoms with Gasteiger partial charge >= 0.3 is 0 Å². The quantitative estimate of drug-likeness (QED) is 0.891. The van der Waals surface area contributed by atoms with Crippen LogP contribution in [-0.4, -0.2) is 19.5 Å². The summed E-state index contributed by atoms with van der Waals surface area (Å²) >= 11 is 0. The second-order valence-corrected chi connectivity index (χ2v) is 4.66. The average molecular weight is 252 g/mol. The zero-order chi connectivity index (χ0) is 13.2. The molecule has 96 valence electrons. The highest BCUT2D eigenvalue weighted by atomic mass is 16.1. The zero-order valence-electron chi connectivity index (χ0n) is 10.9. The lowest BCUT2D eigenvalue weighted by atomic mass is 10.1. The molecule has 1 amide bonds. The molecule has 0 aromatic heterocycles. The van der Waals surface area contributed by atoms with Gasteiger partial charge in [-0.1, -0.05) is 18.2 Å². The van der Waals surface area contributed by atoms with Gasteiger partial charge in [-0.3, -0.25) is 4.79 Å². The fourth-order valence-corrected chi connectivity index (χ4v) is 2.54. The lowest BCUT2D eigenvalue weighted by Crippen LogP contribution is -2.18. The smallest absolute Gasteiger partial charge is 0.251 e. The van der Waals surface area contributed by atoms with Crippen LogP contribution in [0.2, 0.25) is 0 Å². The van der Waals surface area contributed by atoms with E-state index in [1.165, 1.54) is 11.3 Å². The number of anilines is 2. The van der Waals surface area contributed by atoms with Crippen molar-refractivity contribution in [2.24, 2.45) is 0 Å². The molecule has 1 aliphatic heterocycles. The number of fused-ring (bicyclic) bond motifs is 1. The topological polar surface area (TPSA) is 32.3 Å². The summed E-state index contributed by atoms with van der Waals surface area (Å²) in [6.45, 7) is 0.999. The van der Waals surface area contributed by atoms with Gasteiger partial charge in [0, 0.05) is 30.5 Å². The predicted octanol–water partition coefficient (Wildman–Crippen LogP) is 2.74. The van der Waals surface area contributed by atoms with E-state index in [-0.39, 0.29) is 5.91 Å². The standard InChI is InChI=1S/C16H16N2O/c1-17-16(19)13-6-8-14(9-7-13)18-11-10-12-4-2-3-5-15(12)18/h2-9H,10-11H2,1H3,(H,17,19). The third-order valence-electron chi connectivity index (χ3n) is 3.56. The van der Waals surface area contributed by atoms with Crippen molar-refractivity contribution < 1.29 is 4.79 Å². The number of hydrogen-bond donors (Lipinski definition) is 1. The van der Waals surface area contributed by atoms with Gasteiger partial charge in [0.25, 0.3) is 5.91 Å². The molecule has 2 aromatic rings. The number of carbonyl (C=O) groups is 1. The van der Waals surface area contributed by atoms with Crippen LogP contribution in [0.15, 0.2) is 48.5 Å². The van der Waals surface area contributed by atoms with E-state index < -0.39 is 0 Å². The van der Waals surface area contributed by atoms with E-state index in [1.807, 2.05) is 24.3 Å². The Labute approximate surface area is 112 Å². The number of para-hydroxylation sites is 1. The van der Waals surface area contributed by atoms with Crippen molar-refractivity contribution in [3.05, 3.63) is 59.7 Å². The molecule has 0 saturated heterocycles. The van der Waals surface area contributed by atoms with Crippen LogP contribution in [0.4, 0.5) is 11.4 Å². The fraction of sp³-hybridized carbons (Fsp3) is 0.188. The Bertz CT molecular complexity index is 604. The summed E-state index contributed by atoms with van der Waals surface area (Å²) in [7, 11) is 1.65. The first-order valence-corrected chi connectivity index (χ1v) is 6.47. The third-order valence-corrected chi connectivity index (χ3v) is 3.56. The number of carbonyl (C=O) groups excluding carboxylic acids is 1. The van der Waals surface area contributed by atoms with E-state index in [1.54, 1.807) is 7.05 Å². The first-order chi connectivity index (χ1) is 9.29.